The highest BCUT2D eigenvalue weighted by Crippen LogP contribution is 2.15. The zero-order valence-electron chi connectivity index (χ0n) is 24.3. The number of rotatable bonds is 28. The molecule has 0 bridgehead atoms. The third-order valence-electron chi connectivity index (χ3n) is 7.77. The highest BCUT2D eigenvalue weighted by atomic mass is 16.5. The second-order valence-corrected chi connectivity index (χ2v) is 11.3. The Labute approximate surface area is 221 Å². The van der Waals surface area contributed by atoms with Gasteiger partial charge in [0.15, 0.2) is 0 Å². The number of nitrogens with one attached hydrogen (secondary N) is 1. The second kappa shape index (κ2) is 26.9. The maximum absolute atomic E-state index is 6.18. The van der Waals surface area contributed by atoms with E-state index in [0.29, 0.717) is 0 Å². The van der Waals surface area contributed by atoms with Gasteiger partial charge in [-0.15, -0.1) is 0 Å². The summed E-state index contributed by atoms with van der Waals surface area (Å²) in [5, 5.41) is 3.47. The minimum absolute atomic E-state index is 0.264. The molecule has 0 aliphatic carbocycles. The molecule has 2 unspecified atom stereocenters. The van der Waals surface area contributed by atoms with Crippen molar-refractivity contribution in [1.82, 2.24) is 5.32 Å². The Morgan fingerprint density at radius 3 is 0.943 bits per heavy atom. The molecule has 0 aromatic heterocycles. The van der Waals surface area contributed by atoms with Crippen molar-refractivity contribution in [2.24, 2.45) is 0 Å². The highest BCUT2D eigenvalue weighted by Gasteiger charge is 2.28. The van der Waals surface area contributed by atoms with Crippen LogP contribution in [0.4, 0.5) is 0 Å². The minimum atomic E-state index is 0.264. The molecule has 210 valence electrons. The molecule has 1 aliphatic heterocycles. The average Bonchev–Trinajstić information content (AvgIpc) is 3.32. The van der Waals surface area contributed by atoms with Crippen molar-refractivity contribution in [3.63, 3.8) is 0 Å². The van der Waals surface area contributed by atoms with Crippen LogP contribution in [0, 0.1) is 0 Å². The quantitative estimate of drug-likeness (QED) is 0.110. The molecule has 0 radical (unpaired) electrons. The van der Waals surface area contributed by atoms with Gasteiger partial charge in [0.05, 0.1) is 12.2 Å². The van der Waals surface area contributed by atoms with Gasteiger partial charge in [0, 0.05) is 26.3 Å². The third kappa shape index (κ3) is 21.7. The lowest BCUT2D eigenvalue weighted by molar-refractivity contribution is -0.0481. The summed E-state index contributed by atoms with van der Waals surface area (Å²) in [6.07, 6.45) is 34.0. The Hall–Kier alpha value is -0.120. The van der Waals surface area contributed by atoms with Gasteiger partial charge in [-0.05, 0) is 12.8 Å². The first-order valence-corrected chi connectivity index (χ1v) is 16.3. The molecule has 35 heavy (non-hydrogen) atoms. The van der Waals surface area contributed by atoms with E-state index in [1.807, 2.05) is 0 Å². The van der Waals surface area contributed by atoms with E-state index in [1.165, 1.54) is 154 Å². The largest absolute Gasteiger partial charge is 0.374 e. The van der Waals surface area contributed by atoms with Crippen molar-refractivity contribution >= 4 is 0 Å². The van der Waals surface area contributed by atoms with Crippen LogP contribution in [-0.4, -0.2) is 38.5 Å². The summed E-state index contributed by atoms with van der Waals surface area (Å²) in [6, 6.07) is 0. The number of ether oxygens (including phenoxy) is 2. The predicted octanol–water partition coefficient (Wildman–Crippen LogP) is 9.76. The van der Waals surface area contributed by atoms with Crippen LogP contribution in [0.1, 0.15) is 168 Å². The lowest BCUT2D eigenvalue weighted by atomic mass is 10.1. The smallest absolute Gasteiger partial charge is 0.0973 e. The molecule has 2 atom stereocenters. The van der Waals surface area contributed by atoms with Crippen molar-refractivity contribution in [3.05, 3.63) is 0 Å². The molecule has 0 aromatic rings. The molecule has 0 saturated carbocycles. The molecule has 1 rings (SSSR count). The average molecular weight is 496 g/mol. The van der Waals surface area contributed by atoms with E-state index in [9.17, 15) is 0 Å². The molecule has 0 amide bonds. The van der Waals surface area contributed by atoms with Crippen molar-refractivity contribution in [1.29, 1.82) is 0 Å². The number of hydrogen-bond acceptors (Lipinski definition) is 3. The Morgan fingerprint density at radius 2 is 0.657 bits per heavy atom. The zero-order valence-corrected chi connectivity index (χ0v) is 24.3. The Balaban J connectivity index is 1.82. The standard InChI is InChI=1S/C32H65NO2/c1-3-5-7-9-11-13-15-17-19-21-23-25-27-34-31-29-33-30-32(31)35-28-26-24-22-20-18-16-14-12-10-8-6-4-2/h31-33H,3-30H2,1-2H3. The minimum Gasteiger partial charge on any atom is -0.374 e. The topological polar surface area (TPSA) is 30.5 Å². The van der Waals surface area contributed by atoms with Gasteiger partial charge >= 0.3 is 0 Å². The zero-order chi connectivity index (χ0) is 25.1. The van der Waals surface area contributed by atoms with Crippen LogP contribution < -0.4 is 5.32 Å². The van der Waals surface area contributed by atoms with Crippen molar-refractivity contribution < 1.29 is 9.47 Å². The third-order valence-corrected chi connectivity index (χ3v) is 7.77. The molecular formula is C32H65NO2. The van der Waals surface area contributed by atoms with Gasteiger partial charge in [0.25, 0.3) is 0 Å². The van der Waals surface area contributed by atoms with E-state index in [4.69, 9.17) is 9.47 Å². The summed E-state index contributed by atoms with van der Waals surface area (Å²) in [5.74, 6) is 0. The highest BCUT2D eigenvalue weighted by molar-refractivity contribution is 4.83. The van der Waals surface area contributed by atoms with Gasteiger partial charge in [0.2, 0.25) is 0 Å². The van der Waals surface area contributed by atoms with E-state index in [2.05, 4.69) is 19.2 Å². The van der Waals surface area contributed by atoms with Gasteiger partial charge in [-0.2, -0.15) is 0 Å². The van der Waals surface area contributed by atoms with Gasteiger partial charge in [-0.3, -0.25) is 0 Å². The summed E-state index contributed by atoms with van der Waals surface area (Å²) in [5.41, 5.74) is 0. The lowest BCUT2D eigenvalue weighted by Crippen LogP contribution is -2.30. The van der Waals surface area contributed by atoms with Gasteiger partial charge in [-0.25, -0.2) is 0 Å². The van der Waals surface area contributed by atoms with Crippen LogP contribution in [0.3, 0.4) is 0 Å². The fourth-order valence-corrected chi connectivity index (χ4v) is 5.32. The maximum atomic E-state index is 6.18. The van der Waals surface area contributed by atoms with E-state index < -0.39 is 0 Å². The first kappa shape index (κ1) is 32.9. The molecule has 0 spiro atoms. The van der Waals surface area contributed by atoms with E-state index in [1.54, 1.807) is 0 Å². The fraction of sp³-hybridized carbons (Fsp3) is 1.00. The number of unbranched alkanes of at least 4 members (excludes halogenated alkanes) is 22. The van der Waals surface area contributed by atoms with Crippen LogP contribution in [0.25, 0.3) is 0 Å². The SMILES string of the molecule is CCCCCCCCCCCCCCOC1CNCC1OCCCCCCCCCCCCCC. The maximum Gasteiger partial charge on any atom is 0.0973 e. The Morgan fingerprint density at radius 1 is 0.400 bits per heavy atom. The van der Waals surface area contributed by atoms with E-state index in [0.717, 1.165) is 26.3 Å². The molecule has 1 heterocycles. The van der Waals surface area contributed by atoms with Gasteiger partial charge < -0.3 is 14.8 Å². The first-order chi connectivity index (χ1) is 17.4. The molecule has 1 aliphatic rings. The summed E-state index contributed by atoms with van der Waals surface area (Å²) < 4.78 is 12.4. The van der Waals surface area contributed by atoms with Crippen LogP contribution in [-0.2, 0) is 9.47 Å². The van der Waals surface area contributed by atoms with Crippen molar-refractivity contribution in [2.45, 2.75) is 180 Å². The molecule has 1 fully saturated rings. The lowest BCUT2D eigenvalue weighted by Gasteiger charge is -2.20. The summed E-state index contributed by atoms with van der Waals surface area (Å²) in [7, 11) is 0. The fourth-order valence-electron chi connectivity index (χ4n) is 5.32. The summed E-state index contributed by atoms with van der Waals surface area (Å²) in [4.78, 5) is 0. The molecule has 1 saturated heterocycles. The van der Waals surface area contributed by atoms with Crippen LogP contribution in [0.15, 0.2) is 0 Å². The summed E-state index contributed by atoms with van der Waals surface area (Å²) >= 11 is 0. The van der Waals surface area contributed by atoms with Crippen LogP contribution in [0.5, 0.6) is 0 Å². The van der Waals surface area contributed by atoms with Gasteiger partial charge in [-0.1, -0.05) is 155 Å². The van der Waals surface area contributed by atoms with Gasteiger partial charge in [0.1, 0.15) is 0 Å². The van der Waals surface area contributed by atoms with Crippen molar-refractivity contribution in [2.75, 3.05) is 26.3 Å². The molecule has 0 aromatic carbocycles. The number of hydrogen-bond donors (Lipinski definition) is 1. The Kier molecular flexibility index (Phi) is 25.3. The molecule has 3 nitrogen and oxygen atoms in total. The monoisotopic (exact) mass is 496 g/mol. The van der Waals surface area contributed by atoms with Crippen LogP contribution >= 0.6 is 0 Å². The molecule has 1 N–H and O–H groups in total. The Bertz CT molecular complexity index is 367. The first-order valence-electron chi connectivity index (χ1n) is 16.3. The van der Waals surface area contributed by atoms with E-state index >= 15 is 0 Å². The normalized spacial score (nSPS) is 18.0. The van der Waals surface area contributed by atoms with Crippen molar-refractivity contribution in [3.8, 4) is 0 Å². The molecular weight excluding hydrogens is 430 g/mol. The predicted molar refractivity (Wildman–Crippen MR) is 155 cm³/mol. The molecule has 3 heteroatoms. The second-order valence-electron chi connectivity index (χ2n) is 11.3. The van der Waals surface area contributed by atoms with Crippen LogP contribution in [0.2, 0.25) is 0 Å². The van der Waals surface area contributed by atoms with E-state index in [-0.39, 0.29) is 12.2 Å². The summed E-state index contributed by atoms with van der Waals surface area (Å²) in [6.45, 7) is 8.32.